The predicted molar refractivity (Wildman–Crippen MR) is 91.4 cm³/mol. The summed E-state index contributed by atoms with van der Waals surface area (Å²) in [4.78, 5) is 2.58. The van der Waals surface area contributed by atoms with Gasteiger partial charge in [-0.1, -0.05) is 48.8 Å². The number of nitrogens with zero attached hydrogens (tertiary/aromatic N) is 3. The molecule has 1 aliphatic heterocycles. The van der Waals surface area contributed by atoms with Crippen molar-refractivity contribution in [3.8, 4) is 0 Å². The quantitative estimate of drug-likeness (QED) is 0.804. The third-order valence-electron chi connectivity index (χ3n) is 4.42. The van der Waals surface area contributed by atoms with Gasteiger partial charge in [-0.2, -0.15) is 0 Å². The average molecular weight is 327 g/mol. The number of nitrogens with one attached hydrogen (secondary N) is 1. The molecule has 1 saturated heterocycles. The molecule has 3 rings (SSSR count). The second-order valence-corrected chi connectivity index (χ2v) is 8.42. The molecule has 1 aromatic rings. The molecule has 21 heavy (non-hydrogen) atoms. The molecule has 2 heterocycles. The summed E-state index contributed by atoms with van der Waals surface area (Å²) in [6.07, 6.45) is 10.8. The van der Waals surface area contributed by atoms with E-state index in [1.54, 1.807) is 11.3 Å². The molecular formula is C15H26N4S2. The van der Waals surface area contributed by atoms with E-state index in [9.17, 15) is 0 Å². The van der Waals surface area contributed by atoms with Crippen LogP contribution in [0.4, 0.5) is 5.13 Å². The molecular weight excluding hydrogens is 300 g/mol. The largest absolute Gasteiger partial charge is 0.357 e. The lowest BCUT2D eigenvalue weighted by Crippen LogP contribution is -2.31. The van der Waals surface area contributed by atoms with Gasteiger partial charge in [0.2, 0.25) is 5.13 Å². The van der Waals surface area contributed by atoms with Gasteiger partial charge in [-0.05, 0) is 38.8 Å². The lowest BCUT2D eigenvalue weighted by Gasteiger charge is -2.25. The van der Waals surface area contributed by atoms with E-state index in [0.717, 1.165) is 15.2 Å². The van der Waals surface area contributed by atoms with Gasteiger partial charge in [-0.25, -0.2) is 0 Å². The molecule has 0 spiro atoms. The molecule has 0 bridgehead atoms. The summed E-state index contributed by atoms with van der Waals surface area (Å²) < 4.78 is 1.12. The maximum absolute atomic E-state index is 4.31. The van der Waals surface area contributed by atoms with Crippen LogP contribution in [0.1, 0.15) is 51.4 Å². The van der Waals surface area contributed by atoms with Gasteiger partial charge < -0.3 is 10.2 Å². The maximum Gasteiger partial charge on any atom is 0.206 e. The Morgan fingerprint density at radius 1 is 1.05 bits per heavy atom. The third-order valence-corrected chi connectivity index (χ3v) is 6.39. The fraction of sp³-hybridized carbons (Fsp3) is 0.867. The van der Waals surface area contributed by atoms with Gasteiger partial charge in [0.1, 0.15) is 0 Å². The first kappa shape index (κ1) is 15.6. The number of likely N-dealkylation sites (tertiary alicyclic amines) is 1. The van der Waals surface area contributed by atoms with Crippen LogP contribution in [0.25, 0.3) is 0 Å². The van der Waals surface area contributed by atoms with Crippen molar-refractivity contribution in [3.63, 3.8) is 0 Å². The Morgan fingerprint density at radius 3 is 2.62 bits per heavy atom. The number of rotatable bonds is 6. The zero-order valence-corrected chi connectivity index (χ0v) is 14.4. The van der Waals surface area contributed by atoms with E-state index < -0.39 is 0 Å². The number of hydrogen-bond donors (Lipinski definition) is 1. The SMILES string of the molecule is C1CCC(Nc2nnc(SCCN3CCCCC3)s2)CC1. The van der Waals surface area contributed by atoms with Crippen molar-refractivity contribution < 1.29 is 0 Å². The molecule has 0 atom stereocenters. The molecule has 6 heteroatoms. The van der Waals surface area contributed by atoms with Crippen molar-refractivity contribution in [3.05, 3.63) is 0 Å². The van der Waals surface area contributed by atoms with Crippen LogP contribution in [0.2, 0.25) is 0 Å². The second-order valence-electron chi connectivity index (χ2n) is 6.10. The van der Waals surface area contributed by atoms with Gasteiger partial charge in [0.05, 0.1) is 0 Å². The van der Waals surface area contributed by atoms with Crippen LogP contribution in [0.5, 0.6) is 0 Å². The molecule has 118 valence electrons. The monoisotopic (exact) mass is 326 g/mol. The smallest absolute Gasteiger partial charge is 0.206 e. The minimum absolute atomic E-state index is 0.623. The van der Waals surface area contributed by atoms with Gasteiger partial charge >= 0.3 is 0 Å². The number of anilines is 1. The minimum atomic E-state index is 0.623. The predicted octanol–water partition coefficient (Wildman–Crippen LogP) is 3.86. The first-order valence-electron chi connectivity index (χ1n) is 8.35. The molecule has 1 aromatic heterocycles. The van der Waals surface area contributed by atoms with Crippen LogP contribution >= 0.6 is 23.1 Å². The summed E-state index contributed by atoms with van der Waals surface area (Å²) in [5.74, 6) is 1.14. The van der Waals surface area contributed by atoms with Crippen LogP contribution in [-0.2, 0) is 0 Å². The van der Waals surface area contributed by atoms with E-state index in [1.165, 1.54) is 71.0 Å². The Bertz CT molecular complexity index is 412. The molecule has 4 nitrogen and oxygen atoms in total. The van der Waals surface area contributed by atoms with E-state index in [2.05, 4.69) is 20.4 Å². The van der Waals surface area contributed by atoms with E-state index >= 15 is 0 Å². The lowest BCUT2D eigenvalue weighted by molar-refractivity contribution is 0.242. The standard InChI is InChI=1S/C15H26N4S2/c1-3-7-13(8-4-1)16-14-17-18-15(21-14)20-12-11-19-9-5-2-6-10-19/h13H,1-12H2,(H,16,17). The molecule has 2 aliphatic rings. The van der Waals surface area contributed by atoms with E-state index in [1.807, 2.05) is 11.8 Å². The first-order chi connectivity index (χ1) is 10.4. The second kappa shape index (κ2) is 8.34. The number of aromatic nitrogens is 2. The van der Waals surface area contributed by atoms with Gasteiger partial charge in [-0.3, -0.25) is 0 Å². The molecule has 0 radical (unpaired) electrons. The van der Waals surface area contributed by atoms with E-state index in [4.69, 9.17) is 0 Å². The van der Waals surface area contributed by atoms with Gasteiger partial charge in [0.25, 0.3) is 0 Å². The summed E-state index contributed by atoms with van der Waals surface area (Å²) in [5, 5.41) is 13.2. The highest BCUT2D eigenvalue weighted by Gasteiger charge is 2.15. The average Bonchev–Trinajstić information content (AvgIpc) is 2.97. The van der Waals surface area contributed by atoms with Crippen molar-refractivity contribution >= 4 is 28.2 Å². The zero-order valence-electron chi connectivity index (χ0n) is 12.7. The molecule has 0 amide bonds. The third kappa shape index (κ3) is 5.11. The molecule has 0 aromatic carbocycles. The van der Waals surface area contributed by atoms with Crippen LogP contribution in [0, 0.1) is 0 Å². The summed E-state index contributed by atoms with van der Waals surface area (Å²) in [6.45, 7) is 3.76. The maximum atomic E-state index is 4.31. The summed E-state index contributed by atoms with van der Waals surface area (Å²) in [5.41, 5.74) is 0. The van der Waals surface area contributed by atoms with Gasteiger partial charge in [0, 0.05) is 18.3 Å². The summed E-state index contributed by atoms with van der Waals surface area (Å²) in [7, 11) is 0. The molecule has 1 saturated carbocycles. The molecule has 1 aliphatic carbocycles. The van der Waals surface area contributed by atoms with Crippen molar-refractivity contribution in [2.75, 3.05) is 30.7 Å². The lowest BCUT2D eigenvalue weighted by atomic mass is 9.96. The van der Waals surface area contributed by atoms with E-state index in [0.29, 0.717) is 6.04 Å². The normalized spacial score (nSPS) is 21.5. The summed E-state index contributed by atoms with van der Waals surface area (Å²) in [6, 6.07) is 0.623. The van der Waals surface area contributed by atoms with Crippen LogP contribution in [-0.4, -0.2) is 46.5 Å². The minimum Gasteiger partial charge on any atom is -0.357 e. The highest BCUT2D eigenvalue weighted by atomic mass is 32.2. The van der Waals surface area contributed by atoms with Gasteiger partial charge in [0.15, 0.2) is 4.34 Å². The number of thioether (sulfide) groups is 1. The van der Waals surface area contributed by atoms with Crippen LogP contribution in [0.3, 0.4) is 0 Å². The van der Waals surface area contributed by atoms with Crippen molar-refractivity contribution in [1.82, 2.24) is 15.1 Å². The van der Waals surface area contributed by atoms with Crippen molar-refractivity contribution in [2.24, 2.45) is 0 Å². The Kier molecular flexibility index (Phi) is 6.18. The Balaban J connectivity index is 1.37. The number of piperidine rings is 1. The molecule has 1 N–H and O–H groups in total. The zero-order chi connectivity index (χ0) is 14.3. The van der Waals surface area contributed by atoms with E-state index in [-0.39, 0.29) is 0 Å². The van der Waals surface area contributed by atoms with Crippen LogP contribution < -0.4 is 5.32 Å². The fourth-order valence-electron chi connectivity index (χ4n) is 3.19. The Morgan fingerprint density at radius 2 is 1.81 bits per heavy atom. The van der Waals surface area contributed by atoms with Crippen LogP contribution in [0.15, 0.2) is 4.34 Å². The van der Waals surface area contributed by atoms with Gasteiger partial charge in [-0.15, -0.1) is 10.2 Å². The highest BCUT2D eigenvalue weighted by Crippen LogP contribution is 2.28. The first-order valence-corrected chi connectivity index (χ1v) is 10.2. The summed E-state index contributed by atoms with van der Waals surface area (Å²) >= 11 is 3.58. The van der Waals surface area contributed by atoms with Crippen molar-refractivity contribution in [2.45, 2.75) is 61.7 Å². The Labute approximate surface area is 136 Å². The number of hydrogen-bond acceptors (Lipinski definition) is 6. The fourth-order valence-corrected chi connectivity index (χ4v) is 5.09. The topological polar surface area (TPSA) is 41.1 Å². The molecule has 0 unspecified atom stereocenters. The highest BCUT2D eigenvalue weighted by molar-refractivity contribution is 8.01. The van der Waals surface area contributed by atoms with Crippen molar-refractivity contribution in [1.29, 1.82) is 0 Å². The molecule has 2 fully saturated rings. The Hall–Kier alpha value is -0.330.